The van der Waals surface area contributed by atoms with E-state index in [1.165, 1.54) is 28.8 Å². The van der Waals surface area contributed by atoms with E-state index in [1.807, 2.05) is 6.07 Å². The Morgan fingerprint density at radius 3 is 2.47 bits per heavy atom. The van der Waals surface area contributed by atoms with Gasteiger partial charge >= 0.3 is 0 Å². The summed E-state index contributed by atoms with van der Waals surface area (Å²) in [6, 6.07) is 13.5. The Labute approximate surface area is 110 Å². The van der Waals surface area contributed by atoms with Gasteiger partial charge < -0.3 is 5.32 Å². The fourth-order valence-corrected chi connectivity index (χ4v) is 2.85. The first kappa shape index (κ1) is 11.3. The number of thiophene rings is 1. The Hall–Kier alpha value is -0.830. The van der Waals surface area contributed by atoms with Crippen LogP contribution in [-0.4, -0.2) is 6.04 Å². The second kappa shape index (κ2) is 4.81. The molecule has 0 amide bonds. The molecule has 1 fully saturated rings. The second-order valence-corrected chi connectivity index (χ2v) is 6.17. The topological polar surface area (TPSA) is 12.0 Å². The predicted molar refractivity (Wildman–Crippen MR) is 74.6 cm³/mol. The lowest BCUT2D eigenvalue weighted by molar-refractivity contribution is 0.688. The van der Waals surface area contributed by atoms with Crippen molar-refractivity contribution >= 4 is 22.9 Å². The molecule has 0 spiro atoms. The third-order valence-electron chi connectivity index (χ3n) is 2.98. The maximum Gasteiger partial charge on any atom is 0.0934 e. The van der Waals surface area contributed by atoms with E-state index in [2.05, 4.69) is 35.6 Å². The fraction of sp³-hybridized carbons (Fsp3) is 0.286. The Kier molecular flexibility index (Phi) is 3.19. The van der Waals surface area contributed by atoms with Crippen molar-refractivity contribution in [3.8, 4) is 10.4 Å². The Morgan fingerprint density at radius 1 is 1.12 bits per heavy atom. The van der Waals surface area contributed by atoms with E-state index in [4.69, 9.17) is 11.6 Å². The normalized spacial score (nSPS) is 15.1. The van der Waals surface area contributed by atoms with Crippen molar-refractivity contribution in [1.82, 2.24) is 5.32 Å². The molecule has 1 heterocycles. The number of halogens is 1. The minimum atomic E-state index is 0.769. The number of nitrogens with one attached hydrogen (secondary N) is 1. The van der Waals surface area contributed by atoms with Gasteiger partial charge in [0.1, 0.15) is 0 Å². The van der Waals surface area contributed by atoms with Crippen LogP contribution in [0.2, 0.25) is 4.34 Å². The van der Waals surface area contributed by atoms with Crippen LogP contribution in [0.3, 0.4) is 0 Å². The quantitative estimate of drug-likeness (QED) is 0.866. The molecule has 1 saturated carbocycles. The lowest BCUT2D eigenvalue weighted by Crippen LogP contribution is -2.14. The first-order chi connectivity index (χ1) is 8.31. The summed E-state index contributed by atoms with van der Waals surface area (Å²) in [5, 5.41) is 3.52. The molecule has 0 aliphatic heterocycles. The maximum atomic E-state index is 5.94. The van der Waals surface area contributed by atoms with Crippen molar-refractivity contribution in [1.29, 1.82) is 0 Å². The smallest absolute Gasteiger partial charge is 0.0934 e. The van der Waals surface area contributed by atoms with Gasteiger partial charge in [-0.1, -0.05) is 35.9 Å². The molecule has 0 unspecified atom stereocenters. The monoisotopic (exact) mass is 263 g/mol. The van der Waals surface area contributed by atoms with Gasteiger partial charge in [0, 0.05) is 17.5 Å². The third-order valence-corrected chi connectivity index (χ3v) is 4.26. The third kappa shape index (κ3) is 2.89. The molecule has 1 nitrogen and oxygen atoms in total. The van der Waals surface area contributed by atoms with E-state index >= 15 is 0 Å². The van der Waals surface area contributed by atoms with Gasteiger partial charge in [-0.2, -0.15) is 0 Å². The maximum absolute atomic E-state index is 5.94. The predicted octanol–water partition coefficient (Wildman–Crippen LogP) is 4.32. The standard InChI is InChI=1S/C14H14ClNS/c15-14-8-7-13(17-14)11-3-1-10(2-4-11)9-16-12-5-6-12/h1-4,7-8,12,16H,5-6,9H2. The number of rotatable bonds is 4. The van der Waals surface area contributed by atoms with Crippen LogP contribution in [0.15, 0.2) is 36.4 Å². The molecule has 3 heteroatoms. The van der Waals surface area contributed by atoms with E-state index < -0.39 is 0 Å². The second-order valence-electron chi connectivity index (χ2n) is 4.46. The summed E-state index contributed by atoms with van der Waals surface area (Å²) < 4.78 is 0.847. The van der Waals surface area contributed by atoms with Crippen LogP contribution in [0.25, 0.3) is 10.4 Å². The molecule has 0 bridgehead atoms. The molecule has 1 N–H and O–H groups in total. The van der Waals surface area contributed by atoms with E-state index in [0.717, 1.165) is 16.9 Å². The van der Waals surface area contributed by atoms with Crippen molar-refractivity contribution < 1.29 is 0 Å². The zero-order valence-corrected chi connectivity index (χ0v) is 11.0. The van der Waals surface area contributed by atoms with Crippen molar-refractivity contribution in [2.75, 3.05) is 0 Å². The van der Waals surface area contributed by atoms with E-state index in [0.29, 0.717) is 0 Å². The first-order valence-electron chi connectivity index (χ1n) is 5.89. The number of hydrogen-bond acceptors (Lipinski definition) is 2. The van der Waals surface area contributed by atoms with Gasteiger partial charge in [-0.05, 0) is 36.1 Å². The molecule has 0 saturated heterocycles. The van der Waals surface area contributed by atoms with Crippen LogP contribution >= 0.6 is 22.9 Å². The Bertz CT molecular complexity index is 499. The van der Waals surface area contributed by atoms with Crippen LogP contribution < -0.4 is 5.32 Å². The molecular formula is C14H14ClNS. The molecule has 1 aliphatic carbocycles. The zero-order chi connectivity index (χ0) is 11.7. The number of hydrogen-bond donors (Lipinski definition) is 1. The Balaban J connectivity index is 1.70. The zero-order valence-electron chi connectivity index (χ0n) is 9.45. The highest BCUT2D eigenvalue weighted by Gasteiger charge is 2.19. The lowest BCUT2D eigenvalue weighted by atomic mass is 10.1. The van der Waals surface area contributed by atoms with Crippen LogP contribution in [0.1, 0.15) is 18.4 Å². The molecule has 0 atom stereocenters. The van der Waals surface area contributed by atoms with Crippen LogP contribution in [0.5, 0.6) is 0 Å². The van der Waals surface area contributed by atoms with Crippen LogP contribution in [-0.2, 0) is 6.54 Å². The van der Waals surface area contributed by atoms with Gasteiger partial charge in [-0.3, -0.25) is 0 Å². The fourth-order valence-electron chi connectivity index (χ4n) is 1.81. The minimum absolute atomic E-state index is 0.769. The van der Waals surface area contributed by atoms with Crippen LogP contribution in [0.4, 0.5) is 0 Å². The van der Waals surface area contributed by atoms with Gasteiger partial charge in [0.15, 0.2) is 0 Å². The molecule has 88 valence electrons. The molecule has 0 radical (unpaired) electrons. The summed E-state index contributed by atoms with van der Waals surface area (Å²) in [5.41, 5.74) is 2.60. The van der Waals surface area contributed by atoms with Gasteiger partial charge in [0.25, 0.3) is 0 Å². The highest BCUT2D eigenvalue weighted by molar-refractivity contribution is 7.19. The average Bonchev–Trinajstić information content (AvgIpc) is 3.09. The summed E-state index contributed by atoms with van der Waals surface area (Å²) in [4.78, 5) is 1.23. The van der Waals surface area contributed by atoms with Crippen molar-refractivity contribution in [3.63, 3.8) is 0 Å². The van der Waals surface area contributed by atoms with E-state index in [1.54, 1.807) is 11.3 Å². The van der Waals surface area contributed by atoms with Crippen molar-refractivity contribution in [3.05, 3.63) is 46.3 Å². The average molecular weight is 264 g/mol. The van der Waals surface area contributed by atoms with E-state index in [9.17, 15) is 0 Å². The summed E-state index contributed by atoms with van der Waals surface area (Å²) in [6.45, 7) is 0.982. The lowest BCUT2D eigenvalue weighted by Gasteiger charge is -2.04. The number of benzene rings is 1. The molecule has 3 rings (SSSR count). The minimum Gasteiger partial charge on any atom is -0.310 e. The molecule has 1 aromatic heterocycles. The summed E-state index contributed by atoms with van der Waals surface area (Å²) >= 11 is 7.57. The van der Waals surface area contributed by atoms with Crippen molar-refractivity contribution in [2.45, 2.75) is 25.4 Å². The van der Waals surface area contributed by atoms with Gasteiger partial charge in [-0.25, -0.2) is 0 Å². The Morgan fingerprint density at radius 2 is 1.88 bits per heavy atom. The van der Waals surface area contributed by atoms with E-state index in [-0.39, 0.29) is 0 Å². The summed E-state index contributed by atoms with van der Waals surface area (Å²) in [6.07, 6.45) is 2.68. The first-order valence-corrected chi connectivity index (χ1v) is 7.09. The molecule has 1 aromatic carbocycles. The molecule has 1 aliphatic rings. The summed E-state index contributed by atoms with van der Waals surface area (Å²) in [7, 11) is 0. The largest absolute Gasteiger partial charge is 0.310 e. The van der Waals surface area contributed by atoms with Gasteiger partial charge in [-0.15, -0.1) is 11.3 Å². The van der Waals surface area contributed by atoms with Crippen LogP contribution in [0, 0.1) is 0 Å². The SMILES string of the molecule is Clc1ccc(-c2ccc(CNC3CC3)cc2)s1. The van der Waals surface area contributed by atoms with Gasteiger partial charge in [0.05, 0.1) is 4.34 Å². The molecule has 2 aromatic rings. The molecular weight excluding hydrogens is 250 g/mol. The van der Waals surface area contributed by atoms with Gasteiger partial charge in [0.2, 0.25) is 0 Å². The molecule has 17 heavy (non-hydrogen) atoms. The highest BCUT2D eigenvalue weighted by atomic mass is 35.5. The summed E-state index contributed by atoms with van der Waals surface area (Å²) in [5.74, 6) is 0. The van der Waals surface area contributed by atoms with Crippen molar-refractivity contribution in [2.24, 2.45) is 0 Å². The highest BCUT2D eigenvalue weighted by Crippen LogP contribution is 2.31.